The molecule has 0 N–H and O–H groups in total. The van der Waals surface area contributed by atoms with Crippen LogP contribution in [0.2, 0.25) is 0 Å². The quantitative estimate of drug-likeness (QED) is 0.0518. The maximum Gasteiger partial charge on any atom is 0.249 e. The molecule has 0 fully saturated rings. The monoisotopic (exact) mass is 672 g/mol. The van der Waals surface area contributed by atoms with Gasteiger partial charge in [0, 0.05) is 18.7 Å². The first-order chi connectivity index (χ1) is 23.6. The second-order valence-electron chi connectivity index (χ2n) is 15.8. The van der Waals surface area contributed by atoms with Crippen LogP contribution in [0.25, 0.3) is 0 Å². The van der Waals surface area contributed by atoms with Gasteiger partial charge in [-0.25, -0.2) is 0 Å². The summed E-state index contributed by atoms with van der Waals surface area (Å²) in [5.41, 5.74) is 0.945. The summed E-state index contributed by atoms with van der Waals surface area (Å²) in [7, 11) is 0. The molecule has 0 aliphatic heterocycles. The van der Waals surface area contributed by atoms with E-state index in [1.165, 1.54) is 205 Å². The van der Waals surface area contributed by atoms with Crippen LogP contribution < -0.4 is 15.8 Å². The van der Waals surface area contributed by atoms with E-state index in [4.69, 9.17) is 0 Å². The van der Waals surface area contributed by atoms with Crippen LogP contribution in [0.3, 0.4) is 0 Å². The van der Waals surface area contributed by atoms with Crippen molar-refractivity contribution in [3.63, 3.8) is 0 Å². The third-order valence-electron chi connectivity index (χ3n) is 11.2. The van der Waals surface area contributed by atoms with Crippen molar-refractivity contribution in [3.8, 4) is 0 Å². The Morgan fingerprint density at radius 3 is 0.938 bits per heavy atom. The molecule has 0 saturated heterocycles. The maximum atomic E-state index is 12.4. The van der Waals surface area contributed by atoms with Gasteiger partial charge in [0.1, 0.15) is 0 Å². The second-order valence-corrected chi connectivity index (χ2v) is 15.8. The zero-order valence-electron chi connectivity index (χ0n) is 33.3. The van der Waals surface area contributed by atoms with Gasteiger partial charge in [-0.3, -0.25) is 9.59 Å². The Kier molecular flexibility index (Phi) is 30.9. The summed E-state index contributed by atoms with van der Waals surface area (Å²) in [6, 6.07) is 0. The minimum atomic E-state index is -0.257. The number of hydrogen-bond acceptors (Lipinski definition) is 3. The predicted octanol–water partition coefficient (Wildman–Crippen LogP) is 14.3. The summed E-state index contributed by atoms with van der Waals surface area (Å²) in [6.07, 6.45) is 46.8. The normalized spacial score (nSPS) is 11.8. The molecule has 1 rings (SSSR count). The average molecular weight is 672 g/mol. The van der Waals surface area contributed by atoms with Crippen LogP contribution in [0.15, 0.2) is 9.59 Å². The van der Waals surface area contributed by atoms with E-state index in [-0.39, 0.29) is 10.9 Å². The fourth-order valence-electron chi connectivity index (χ4n) is 7.83. The van der Waals surface area contributed by atoms with Crippen molar-refractivity contribution in [1.29, 1.82) is 0 Å². The van der Waals surface area contributed by atoms with E-state index < -0.39 is 0 Å². The SMILES string of the molecule is CCCCCCCCCCCCCCCCN(CCCCCCCC(CCCCCCCC)CCCCCCCC)c1c(C)c(=O)c1=O. The van der Waals surface area contributed by atoms with E-state index in [0.717, 1.165) is 37.5 Å². The van der Waals surface area contributed by atoms with Crippen molar-refractivity contribution in [3.05, 3.63) is 26.0 Å². The minimum Gasteiger partial charge on any atom is -0.368 e. The van der Waals surface area contributed by atoms with Gasteiger partial charge in [-0.2, -0.15) is 0 Å². The minimum absolute atomic E-state index is 0.236. The molecule has 1 aromatic rings. The third kappa shape index (κ3) is 23.3. The second kappa shape index (κ2) is 33.0. The van der Waals surface area contributed by atoms with Crippen molar-refractivity contribution < 1.29 is 0 Å². The van der Waals surface area contributed by atoms with Crippen LogP contribution in [0.4, 0.5) is 5.69 Å². The highest BCUT2D eigenvalue weighted by molar-refractivity contribution is 5.57. The van der Waals surface area contributed by atoms with Crippen molar-refractivity contribution in [2.45, 2.75) is 246 Å². The zero-order valence-corrected chi connectivity index (χ0v) is 33.3. The topological polar surface area (TPSA) is 37.4 Å². The highest BCUT2D eigenvalue weighted by atomic mass is 16.2. The Labute approximate surface area is 300 Å². The lowest BCUT2D eigenvalue weighted by Gasteiger charge is -2.27. The van der Waals surface area contributed by atoms with Gasteiger partial charge in [-0.15, -0.1) is 0 Å². The number of unbranched alkanes of at least 4 members (excludes halogenated alkanes) is 27. The Hall–Kier alpha value is -1.12. The van der Waals surface area contributed by atoms with Gasteiger partial charge in [0.25, 0.3) is 0 Å². The van der Waals surface area contributed by atoms with Crippen molar-refractivity contribution in [2.75, 3.05) is 18.0 Å². The molecule has 0 spiro atoms. The lowest BCUT2D eigenvalue weighted by atomic mass is 9.89. The summed E-state index contributed by atoms with van der Waals surface area (Å²) < 4.78 is 0. The molecule has 0 aliphatic rings. The molecule has 282 valence electrons. The van der Waals surface area contributed by atoms with Crippen LogP contribution in [-0.4, -0.2) is 13.1 Å². The average Bonchev–Trinajstić information content (AvgIpc) is 3.10. The van der Waals surface area contributed by atoms with Gasteiger partial charge >= 0.3 is 0 Å². The Balaban J connectivity index is 2.26. The van der Waals surface area contributed by atoms with E-state index >= 15 is 0 Å². The number of nitrogens with zero attached hydrogens (tertiary/aromatic N) is 1. The maximum absolute atomic E-state index is 12.4. The lowest BCUT2D eigenvalue weighted by Crippen LogP contribution is -2.43. The molecular formula is C45H85NO2. The van der Waals surface area contributed by atoms with Crippen molar-refractivity contribution in [1.82, 2.24) is 0 Å². The smallest absolute Gasteiger partial charge is 0.249 e. The Morgan fingerprint density at radius 1 is 0.375 bits per heavy atom. The molecule has 0 heterocycles. The first kappa shape index (κ1) is 44.9. The molecule has 0 bridgehead atoms. The lowest BCUT2D eigenvalue weighted by molar-refractivity contribution is 0.365. The van der Waals surface area contributed by atoms with E-state index in [9.17, 15) is 9.59 Å². The summed E-state index contributed by atoms with van der Waals surface area (Å²) >= 11 is 0. The van der Waals surface area contributed by atoms with Gasteiger partial charge in [-0.05, 0) is 25.7 Å². The van der Waals surface area contributed by atoms with E-state index in [1.54, 1.807) is 0 Å². The molecule has 0 atom stereocenters. The van der Waals surface area contributed by atoms with Crippen LogP contribution in [0, 0.1) is 12.8 Å². The van der Waals surface area contributed by atoms with Crippen LogP contribution in [-0.2, 0) is 0 Å². The zero-order chi connectivity index (χ0) is 34.9. The van der Waals surface area contributed by atoms with Crippen LogP contribution in [0.1, 0.15) is 245 Å². The molecule has 0 radical (unpaired) electrons. The first-order valence-electron chi connectivity index (χ1n) is 22.1. The first-order valence-corrected chi connectivity index (χ1v) is 22.1. The number of anilines is 1. The summed E-state index contributed by atoms with van der Waals surface area (Å²) in [4.78, 5) is 26.7. The van der Waals surface area contributed by atoms with Crippen LogP contribution in [0.5, 0.6) is 0 Å². The summed E-state index contributed by atoms with van der Waals surface area (Å²) in [5.74, 6) is 0.944. The van der Waals surface area contributed by atoms with E-state index in [1.807, 2.05) is 6.92 Å². The van der Waals surface area contributed by atoms with Crippen molar-refractivity contribution in [2.24, 2.45) is 5.92 Å². The molecule has 0 unspecified atom stereocenters. The van der Waals surface area contributed by atoms with E-state index in [0.29, 0.717) is 5.56 Å². The Bertz CT molecular complexity index is 868. The molecule has 0 aliphatic carbocycles. The standard InChI is InChI=1S/C45H85NO2/c1-5-8-11-14-17-18-19-20-21-22-23-24-29-34-39-46(43-41(4)44(47)45(43)48)40-35-30-25-28-33-38-42(36-31-26-15-12-9-6-2)37-32-27-16-13-10-7-3/h42H,5-40H2,1-4H3. The van der Waals surface area contributed by atoms with Gasteiger partial charge in [-0.1, -0.05) is 226 Å². The fourth-order valence-corrected chi connectivity index (χ4v) is 7.83. The van der Waals surface area contributed by atoms with Crippen molar-refractivity contribution >= 4 is 5.69 Å². The highest BCUT2D eigenvalue weighted by Gasteiger charge is 2.22. The molecule has 0 amide bonds. The molecule has 3 heteroatoms. The third-order valence-corrected chi connectivity index (χ3v) is 11.2. The van der Waals surface area contributed by atoms with Gasteiger partial charge in [0.05, 0.1) is 5.69 Å². The number of hydrogen-bond donors (Lipinski definition) is 0. The molecule has 1 aromatic carbocycles. The molecule has 0 saturated carbocycles. The fraction of sp³-hybridized carbons (Fsp3) is 0.911. The Morgan fingerprint density at radius 2 is 0.646 bits per heavy atom. The number of rotatable bonds is 38. The highest BCUT2D eigenvalue weighted by Crippen LogP contribution is 2.25. The molecule has 0 aromatic heterocycles. The van der Waals surface area contributed by atoms with Crippen LogP contribution >= 0.6 is 0 Å². The summed E-state index contributed by atoms with van der Waals surface area (Å²) in [6.45, 7) is 10.6. The predicted molar refractivity (Wildman–Crippen MR) is 216 cm³/mol. The van der Waals surface area contributed by atoms with Gasteiger partial charge < -0.3 is 4.90 Å². The molecule has 3 nitrogen and oxygen atoms in total. The molecular weight excluding hydrogens is 587 g/mol. The molecule has 48 heavy (non-hydrogen) atoms. The summed E-state index contributed by atoms with van der Waals surface area (Å²) in [5, 5.41) is 0. The van der Waals surface area contributed by atoms with Gasteiger partial charge in [0.15, 0.2) is 0 Å². The van der Waals surface area contributed by atoms with E-state index in [2.05, 4.69) is 25.7 Å². The van der Waals surface area contributed by atoms with Gasteiger partial charge in [0.2, 0.25) is 10.9 Å². The largest absolute Gasteiger partial charge is 0.368 e.